The lowest BCUT2D eigenvalue weighted by Crippen LogP contribution is -2.00. The normalized spacial score (nSPS) is 11.8. The molecule has 0 atom stereocenters. The van der Waals surface area contributed by atoms with Crippen molar-refractivity contribution in [3.63, 3.8) is 0 Å². The molecule has 0 saturated heterocycles. The quantitative estimate of drug-likeness (QED) is 0.172. The van der Waals surface area contributed by atoms with Crippen LogP contribution in [0.4, 0.5) is 0 Å². The zero-order valence-electron chi connectivity index (χ0n) is 27.6. The summed E-state index contributed by atoms with van der Waals surface area (Å²) < 4.78 is 3.60. The number of benzene rings is 8. The number of para-hydroxylation sites is 1. The van der Waals surface area contributed by atoms with Gasteiger partial charge >= 0.3 is 0 Å². The van der Waals surface area contributed by atoms with E-state index in [1.807, 2.05) is 24.3 Å². The van der Waals surface area contributed by atoms with Gasteiger partial charge in [0.05, 0.1) is 10.2 Å². The van der Waals surface area contributed by atoms with Crippen LogP contribution in [0.2, 0.25) is 0 Å². The van der Waals surface area contributed by atoms with Crippen molar-refractivity contribution in [1.82, 2.24) is 19.9 Å². The number of fused-ring (bicyclic) bond motifs is 10. The molecule has 0 aliphatic rings. The van der Waals surface area contributed by atoms with E-state index in [2.05, 4.69) is 133 Å². The van der Waals surface area contributed by atoms with Crippen molar-refractivity contribution in [3.8, 4) is 44.7 Å². The third-order valence-corrected chi connectivity index (χ3v) is 12.2. The molecule has 3 aromatic heterocycles. The van der Waals surface area contributed by atoms with Gasteiger partial charge in [-0.2, -0.15) is 0 Å². The number of nitrogens with zero attached hydrogens (tertiary/aromatic N) is 4. The standard InChI is InChI=1S/C46H26N4S2/c1-2-12-27(13-3-1)43-48-44(28-24-25-33-31-16-5-4-14-29(31)30-15-6-7-17-32(30)37(33)26-28)50-45(49-43)35-19-11-23-40-41(35)34-18-10-20-36(42(34)51-40)46-47-38-21-8-9-22-39(38)52-46/h1-26H. The molecule has 11 rings (SSSR count). The van der Waals surface area contributed by atoms with Crippen molar-refractivity contribution in [1.29, 1.82) is 0 Å². The van der Waals surface area contributed by atoms with Crippen molar-refractivity contribution in [2.45, 2.75) is 0 Å². The van der Waals surface area contributed by atoms with Crippen LogP contribution in [0.25, 0.3) is 107 Å². The summed E-state index contributed by atoms with van der Waals surface area (Å²) in [6.45, 7) is 0. The molecule has 242 valence electrons. The van der Waals surface area contributed by atoms with Crippen molar-refractivity contribution in [3.05, 3.63) is 158 Å². The summed E-state index contributed by atoms with van der Waals surface area (Å²) in [6.07, 6.45) is 0. The highest BCUT2D eigenvalue weighted by Gasteiger charge is 2.20. The van der Waals surface area contributed by atoms with Crippen LogP contribution >= 0.6 is 22.7 Å². The molecule has 0 amide bonds. The summed E-state index contributed by atoms with van der Waals surface area (Å²) in [5.41, 5.74) is 5.08. The molecule has 4 nitrogen and oxygen atoms in total. The SMILES string of the molecule is c1ccc(-c2nc(-c3ccc4c5ccccc5c5ccccc5c4c3)nc(-c3cccc4sc5c(-c6nc7ccccc7s6)cccc5c34)n2)cc1. The smallest absolute Gasteiger partial charge is 0.164 e. The molecular formula is C46H26N4S2. The Hall–Kier alpha value is -6.34. The molecule has 3 heterocycles. The maximum Gasteiger partial charge on any atom is 0.164 e. The minimum Gasteiger partial charge on any atom is -0.236 e. The first kappa shape index (κ1) is 29.4. The van der Waals surface area contributed by atoms with E-state index < -0.39 is 0 Å². The second-order valence-electron chi connectivity index (χ2n) is 13.0. The summed E-state index contributed by atoms with van der Waals surface area (Å²) in [6, 6.07) is 55.5. The Morgan fingerprint density at radius 2 is 0.923 bits per heavy atom. The fraction of sp³-hybridized carbons (Fsp3) is 0. The summed E-state index contributed by atoms with van der Waals surface area (Å²) >= 11 is 3.54. The molecule has 11 aromatic rings. The van der Waals surface area contributed by atoms with Gasteiger partial charge in [-0.1, -0.05) is 133 Å². The van der Waals surface area contributed by atoms with Crippen molar-refractivity contribution >= 4 is 85.4 Å². The van der Waals surface area contributed by atoms with Gasteiger partial charge in [-0.15, -0.1) is 22.7 Å². The zero-order valence-corrected chi connectivity index (χ0v) is 29.2. The molecular weight excluding hydrogens is 673 g/mol. The van der Waals surface area contributed by atoms with Gasteiger partial charge < -0.3 is 0 Å². The van der Waals surface area contributed by atoms with E-state index in [4.69, 9.17) is 19.9 Å². The highest BCUT2D eigenvalue weighted by molar-refractivity contribution is 7.27. The molecule has 0 spiro atoms. The lowest BCUT2D eigenvalue weighted by Gasteiger charge is -2.13. The monoisotopic (exact) mass is 698 g/mol. The highest BCUT2D eigenvalue weighted by Crippen LogP contribution is 2.45. The number of thiophene rings is 1. The fourth-order valence-corrected chi connectivity index (χ4v) is 9.88. The van der Waals surface area contributed by atoms with E-state index in [1.54, 1.807) is 22.7 Å². The lowest BCUT2D eigenvalue weighted by molar-refractivity contribution is 1.08. The first-order valence-electron chi connectivity index (χ1n) is 17.2. The maximum atomic E-state index is 5.27. The molecule has 52 heavy (non-hydrogen) atoms. The van der Waals surface area contributed by atoms with Gasteiger partial charge in [0.2, 0.25) is 0 Å². The predicted octanol–water partition coefficient (Wildman–Crippen LogP) is 13.0. The van der Waals surface area contributed by atoms with E-state index in [-0.39, 0.29) is 0 Å². The van der Waals surface area contributed by atoms with Gasteiger partial charge in [0.25, 0.3) is 0 Å². The number of thiazole rings is 1. The number of hydrogen-bond donors (Lipinski definition) is 0. The summed E-state index contributed by atoms with van der Waals surface area (Å²) in [4.78, 5) is 20.6. The van der Waals surface area contributed by atoms with E-state index in [1.165, 1.54) is 51.8 Å². The van der Waals surface area contributed by atoms with Crippen molar-refractivity contribution < 1.29 is 0 Å². The van der Waals surface area contributed by atoms with Crippen LogP contribution < -0.4 is 0 Å². The molecule has 0 fully saturated rings. The molecule has 0 radical (unpaired) electrons. The van der Waals surface area contributed by atoms with Crippen molar-refractivity contribution in [2.24, 2.45) is 0 Å². The number of aromatic nitrogens is 4. The van der Waals surface area contributed by atoms with E-state index in [9.17, 15) is 0 Å². The van der Waals surface area contributed by atoms with E-state index in [0.29, 0.717) is 17.5 Å². The third-order valence-electron chi connectivity index (χ3n) is 9.96. The first-order valence-corrected chi connectivity index (χ1v) is 18.9. The lowest BCUT2D eigenvalue weighted by atomic mass is 9.93. The van der Waals surface area contributed by atoms with Gasteiger partial charge in [0, 0.05) is 42.4 Å². The molecule has 0 aliphatic carbocycles. The number of rotatable bonds is 4. The van der Waals surface area contributed by atoms with Crippen LogP contribution in [-0.4, -0.2) is 19.9 Å². The first-order chi connectivity index (χ1) is 25.8. The fourth-order valence-electron chi connectivity index (χ4n) is 7.58. The van der Waals surface area contributed by atoms with Crippen LogP contribution in [0.15, 0.2) is 158 Å². The Kier molecular flexibility index (Phi) is 6.56. The van der Waals surface area contributed by atoms with Gasteiger partial charge in [-0.3, -0.25) is 0 Å². The molecule has 6 heteroatoms. The van der Waals surface area contributed by atoms with E-state index in [0.717, 1.165) is 38.2 Å². The summed E-state index contributed by atoms with van der Waals surface area (Å²) in [5, 5.41) is 10.7. The van der Waals surface area contributed by atoms with E-state index >= 15 is 0 Å². The van der Waals surface area contributed by atoms with Gasteiger partial charge in [-0.05, 0) is 56.6 Å². The topological polar surface area (TPSA) is 51.6 Å². The Balaban J connectivity index is 1.15. The minimum absolute atomic E-state index is 0.648. The average molecular weight is 699 g/mol. The molecule has 8 aromatic carbocycles. The van der Waals surface area contributed by atoms with Crippen LogP contribution in [0.5, 0.6) is 0 Å². The number of hydrogen-bond acceptors (Lipinski definition) is 6. The van der Waals surface area contributed by atoms with Crippen LogP contribution in [0.1, 0.15) is 0 Å². The Bertz CT molecular complexity index is 3130. The predicted molar refractivity (Wildman–Crippen MR) is 220 cm³/mol. The van der Waals surface area contributed by atoms with Crippen molar-refractivity contribution in [2.75, 3.05) is 0 Å². The summed E-state index contributed by atoms with van der Waals surface area (Å²) in [7, 11) is 0. The Morgan fingerprint density at radius 1 is 0.346 bits per heavy atom. The minimum atomic E-state index is 0.648. The zero-order chi connectivity index (χ0) is 34.2. The highest BCUT2D eigenvalue weighted by atomic mass is 32.1. The van der Waals surface area contributed by atoms with Crippen LogP contribution in [0, 0.1) is 0 Å². The molecule has 0 unspecified atom stereocenters. The third kappa shape index (κ3) is 4.58. The molecule has 0 N–H and O–H groups in total. The van der Waals surface area contributed by atoms with Gasteiger partial charge in [0.15, 0.2) is 17.5 Å². The van der Waals surface area contributed by atoms with Crippen LogP contribution in [-0.2, 0) is 0 Å². The summed E-state index contributed by atoms with van der Waals surface area (Å²) in [5.74, 6) is 1.95. The largest absolute Gasteiger partial charge is 0.236 e. The maximum absolute atomic E-state index is 5.27. The Morgan fingerprint density at radius 3 is 1.69 bits per heavy atom. The molecule has 0 aliphatic heterocycles. The molecule has 0 saturated carbocycles. The van der Waals surface area contributed by atoms with Gasteiger partial charge in [-0.25, -0.2) is 19.9 Å². The Labute approximate surface area is 306 Å². The second kappa shape index (κ2) is 11.6. The molecule has 0 bridgehead atoms. The van der Waals surface area contributed by atoms with Crippen LogP contribution in [0.3, 0.4) is 0 Å². The average Bonchev–Trinajstić information content (AvgIpc) is 3.83. The van der Waals surface area contributed by atoms with Gasteiger partial charge in [0.1, 0.15) is 5.01 Å². The second-order valence-corrected chi connectivity index (χ2v) is 15.1.